The molecule has 0 radical (unpaired) electrons. The minimum atomic E-state index is -0.369. The van der Waals surface area contributed by atoms with Crippen molar-refractivity contribution in [3.63, 3.8) is 0 Å². The quantitative estimate of drug-likeness (QED) is 0.569. The van der Waals surface area contributed by atoms with Crippen molar-refractivity contribution in [3.8, 4) is 11.4 Å². The van der Waals surface area contributed by atoms with Crippen molar-refractivity contribution in [2.24, 2.45) is 0 Å². The summed E-state index contributed by atoms with van der Waals surface area (Å²) < 4.78 is 24.1. The van der Waals surface area contributed by atoms with E-state index in [2.05, 4.69) is 4.98 Å². The molecule has 9 heteroatoms. The van der Waals surface area contributed by atoms with E-state index in [9.17, 15) is 14.3 Å². The van der Waals surface area contributed by atoms with Crippen molar-refractivity contribution in [3.05, 3.63) is 53.0 Å². The minimum absolute atomic E-state index is 0.0129. The average Bonchev–Trinajstić information content (AvgIpc) is 3.27. The lowest BCUT2D eigenvalue weighted by atomic mass is 10.1. The fourth-order valence-electron chi connectivity index (χ4n) is 4.03. The van der Waals surface area contributed by atoms with Crippen LogP contribution in [0.5, 0.6) is 0 Å². The Labute approximate surface area is 164 Å². The van der Waals surface area contributed by atoms with E-state index in [1.54, 1.807) is 31.9 Å². The number of pyridine rings is 2. The van der Waals surface area contributed by atoms with E-state index in [0.717, 1.165) is 12.8 Å². The van der Waals surface area contributed by atoms with Crippen molar-refractivity contribution in [2.75, 3.05) is 19.8 Å². The second-order valence-corrected chi connectivity index (χ2v) is 7.13. The summed E-state index contributed by atoms with van der Waals surface area (Å²) in [7, 11) is 0. The van der Waals surface area contributed by atoms with Crippen LogP contribution >= 0.6 is 0 Å². The topological polar surface area (TPSA) is 86.6 Å². The number of aliphatic hydroxyl groups is 1. The Morgan fingerprint density at radius 1 is 1.21 bits per heavy atom. The van der Waals surface area contributed by atoms with Crippen LogP contribution in [0.2, 0.25) is 0 Å². The molecule has 1 N–H and O–H groups in total. The largest absolute Gasteiger partial charge is 0.395 e. The highest BCUT2D eigenvalue weighted by atomic mass is 19.1. The maximum atomic E-state index is 13.8. The summed E-state index contributed by atoms with van der Waals surface area (Å²) in [6.45, 7) is 1.25. The van der Waals surface area contributed by atoms with Gasteiger partial charge >= 0.3 is 5.69 Å². The molecule has 1 saturated heterocycles. The van der Waals surface area contributed by atoms with Gasteiger partial charge in [0.1, 0.15) is 11.5 Å². The molecule has 0 spiro atoms. The SMILES string of the molecule is O=c1n(CCO)c2ccc(-c3cnc4ccc(F)cn34)nc2n1C1CCOCC1. The van der Waals surface area contributed by atoms with Crippen molar-refractivity contribution < 1.29 is 14.2 Å². The third-order valence-electron chi connectivity index (χ3n) is 5.42. The maximum absolute atomic E-state index is 13.8. The fraction of sp³-hybridized carbons (Fsp3) is 0.350. The normalized spacial score (nSPS) is 15.5. The van der Waals surface area contributed by atoms with Crippen LogP contribution in [0.15, 0.2) is 41.5 Å². The van der Waals surface area contributed by atoms with Crippen LogP contribution in [-0.2, 0) is 11.3 Å². The molecule has 0 atom stereocenters. The number of imidazole rings is 2. The van der Waals surface area contributed by atoms with Crippen molar-refractivity contribution in [1.82, 2.24) is 23.5 Å². The Morgan fingerprint density at radius 3 is 2.83 bits per heavy atom. The van der Waals surface area contributed by atoms with Crippen LogP contribution in [0.25, 0.3) is 28.2 Å². The fourth-order valence-corrected chi connectivity index (χ4v) is 4.03. The zero-order valence-electron chi connectivity index (χ0n) is 15.7. The van der Waals surface area contributed by atoms with Crippen LogP contribution in [0.4, 0.5) is 4.39 Å². The third-order valence-corrected chi connectivity index (χ3v) is 5.42. The third kappa shape index (κ3) is 2.93. The first-order chi connectivity index (χ1) is 14.2. The van der Waals surface area contributed by atoms with Gasteiger partial charge in [-0.2, -0.15) is 0 Å². The number of halogens is 1. The van der Waals surface area contributed by atoms with Gasteiger partial charge in [0, 0.05) is 25.5 Å². The lowest BCUT2D eigenvalue weighted by molar-refractivity contribution is 0.0694. The highest BCUT2D eigenvalue weighted by molar-refractivity contribution is 5.76. The molecule has 1 fully saturated rings. The first-order valence-electron chi connectivity index (χ1n) is 9.61. The Morgan fingerprint density at radius 2 is 2.03 bits per heavy atom. The van der Waals surface area contributed by atoms with Crippen LogP contribution in [0.3, 0.4) is 0 Å². The van der Waals surface area contributed by atoms with E-state index in [4.69, 9.17) is 9.72 Å². The van der Waals surface area contributed by atoms with Gasteiger partial charge in [0.2, 0.25) is 0 Å². The monoisotopic (exact) mass is 397 g/mol. The molecule has 0 unspecified atom stereocenters. The van der Waals surface area contributed by atoms with Gasteiger partial charge in [0.25, 0.3) is 0 Å². The lowest BCUT2D eigenvalue weighted by Gasteiger charge is -2.23. The van der Waals surface area contributed by atoms with Gasteiger partial charge in [-0.05, 0) is 37.1 Å². The summed E-state index contributed by atoms with van der Waals surface area (Å²) in [5, 5.41) is 9.42. The first kappa shape index (κ1) is 18.0. The number of rotatable bonds is 4. The molecule has 5 rings (SSSR count). The second kappa shape index (κ2) is 7.09. The average molecular weight is 397 g/mol. The van der Waals surface area contributed by atoms with E-state index >= 15 is 0 Å². The molecule has 1 aliphatic heterocycles. The highest BCUT2D eigenvalue weighted by Gasteiger charge is 2.24. The van der Waals surface area contributed by atoms with Crippen molar-refractivity contribution in [2.45, 2.75) is 25.4 Å². The Kier molecular flexibility index (Phi) is 4.40. The molecule has 0 aromatic carbocycles. The second-order valence-electron chi connectivity index (χ2n) is 7.13. The number of hydrogen-bond donors (Lipinski definition) is 1. The van der Waals surface area contributed by atoms with Crippen LogP contribution in [0, 0.1) is 5.82 Å². The number of fused-ring (bicyclic) bond motifs is 2. The molecule has 0 saturated carbocycles. The van der Waals surface area contributed by atoms with Gasteiger partial charge < -0.3 is 9.84 Å². The van der Waals surface area contributed by atoms with Gasteiger partial charge in [-0.25, -0.2) is 19.2 Å². The number of aromatic nitrogens is 5. The maximum Gasteiger partial charge on any atom is 0.330 e. The van der Waals surface area contributed by atoms with Gasteiger partial charge in [0.05, 0.1) is 36.3 Å². The predicted molar refractivity (Wildman–Crippen MR) is 104 cm³/mol. The Hall–Kier alpha value is -3.04. The molecule has 0 aliphatic carbocycles. The lowest BCUT2D eigenvalue weighted by Crippen LogP contribution is -2.31. The summed E-state index contributed by atoms with van der Waals surface area (Å²) in [6, 6.07) is 6.57. The highest BCUT2D eigenvalue weighted by Crippen LogP contribution is 2.27. The molecular formula is C20H20FN5O3. The van der Waals surface area contributed by atoms with Crippen LogP contribution in [-0.4, -0.2) is 48.4 Å². The minimum Gasteiger partial charge on any atom is -0.395 e. The Bertz CT molecular complexity index is 1250. The van der Waals surface area contributed by atoms with Gasteiger partial charge in [-0.15, -0.1) is 0 Å². The Balaban J connectivity index is 1.72. The molecule has 0 bridgehead atoms. The van der Waals surface area contributed by atoms with E-state index in [1.807, 2.05) is 6.07 Å². The number of nitrogens with zero attached hydrogens (tertiary/aromatic N) is 5. The zero-order valence-corrected chi connectivity index (χ0v) is 15.7. The molecule has 150 valence electrons. The van der Waals surface area contributed by atoms with Crippen LogP contribution < -0.4 is 5.69 Å². The molecule has 4 aromatic rings. The van der Waals surface area contributed by atoms with Gasteiger partial charge in [0.15, 0.2) is 5.65 Å². The smallest absolute Gasteiger partial charge is 0.330 e. The summed E-state index contributed by atoms with van der Waals surface area (Å²) in [6.07, 6.45) is 4.46. The van der Waals surface area contributed by atoms with Gasteiger partial charge in [-0.1, -0.05) is 0 Å². The van der Waals surface area contributed by atoms with E-state index < -0.39 is 0 Å². The summed E-state index contributed by atoms with van der Waals surface area (Å²) in [5.74, 6) is -0.369. The molecule has 8 nitrogen and oxygen atoms in total. The van der Waals surface area contributed by atoms with Crippen molar-refractivity contribution in [1.29, 1.82) is 0 Å². The first-order valence-corrected chi connectivity index (χ1v) is 9.61. The summed E-state index contributed by atoms with van der Waals surface area (Å²) in [4.78, 5) is 22.2. The van der Waals surface area contributed by atoms with E-state index in [0.29, 0.717) is 41.4 Å². The van der Waals surface area contributed by atoms with Crippen LogP contribution in [0.1, 0.15) is 18.9 Å². The van der Waals surface area contributed by atoms with E-state index in [1.165, 1.54) is 12.3 Å². The molecule has 5 heterocycles. The molecule has 29 heavy (non-hydrogen) atoms. The molecule has 4 aromatic heterocycles. The number of ether oxygens (including phenoxy) is 1. The molecular weight excluding hydrogens is 377 g/mol. The molecule has 1 aliphatic rings. The standard InChI is InChI=1S/C20H20FN5O3/c21-13-1-4-18-22-11-17(25(18)12-13)15-2-3-16-19(23-15)26(14-5-9-29-10-6-14)20(28)24(16)7-8-27/h1-4,11-12,14,27H,5-10H2. The number of hydrogen-bond acceptors (Lipinski definition) is 5. The van der Waals surface area contributed by atoms with Gasteiger partial charge in [-0.3, -0.25) is 13.5 Å². The van der Waals surface area contributed by atoms with E-state index in [-0.39, 0.29) is 30.7 Å². The molecule has 0 amide bonds. The zero-order chi connectivity index (χ0) is 20.0. The summed E-state index contributed by atoms with van der Waals surface area (Å²) >= 11 is 0. The summed E-state index contributed by atoms with van der Waals surface area (Å²) in [5.41, 5.74) is 2.89. The predicted octanol–water partition coefficient (Wildman–Crippen LogP) is 2.00. The number of aliphatic hydroxyl groups excluding tert-OH is 1. The van der Waals surface area contributed by atoms with Crippen molar-refractivity contribution >= 4 is 16.8 Å².